The van der Waals surface area contributed by atoms with E-state index < -0.39 is 0 Å². The van der Waals surface area contributed by atoms with Crippen LogP contribution in [0.15, 0.2) is 0 Å². The van der Waals surface area contributed by atoms with Gasteiger partial charge in [-0.2, -0.15) is 0 Å². The molecule has 2 atom stereocenters. The van der Waals surface area contributed by atoms with Crippen molar-refractivity contribution in [2.75, 3.05) is 7.11 Å². The summed E-state index contributed by atoms with van der Waals surface area (Å²) >= 11 is 0. The zero-order valence-electron chi connectivity index (χ0n) is 14.5. The molecule has 0 saturated carbocycles. The van der Waals surface area contributed by atoms with Crippen molar-refractivity contribution in [1.82, 2.24) is 0 Å². The van der Waals surface area contributed by atoms with Gasteiger partial charge in [-0.05, 0) is 80.3 Å². The van der Waals surface area contributed by atoms with Gasteiger partial charge in [-0.1, -0.05) is 6.92 Å². The Balaban J connectivity index is 3.03. The summed E-state index contributed by atoms with van der Waals surface area (Å²) in [5.41, 5.74) is 14.3. The number of ether oxygens (including phenoxy) is 1. The Labute approximate surface area is 128 Å². The number of rotatable bonds is 5. The molecule has 0 radical (unpaired) electrons. The molecule has 0 heterocycles. The van der Waals surface area contributed by atoms with E-state index in [0.717, 1.165) is 6.42 Å². The molecule has 21 heavy (non-hydrogen) atoms. The van der Waals surface area contributed by atoms with Crippen molar-refractivity contribution in [3.8, 4) is 0 Å². The van der Waals surface area contributed by atoms with Gasteiger partial charge in [-0.3, -0.25) is 4.79 Å². The largest absolute Gasteiger partial charge is 0.469 e. The van der Waals surface area contributed by atoms with E-state index in [4.69, 9.17) is 10.5 Å². The van der Waals surface area contributed by atoms with Gasteiger partial charge in [0.1, 0.15) is 0 Å². The molecule has 2 N–H and O–H groups in total. The first-order chi connectivity index (χ1) is 9.70. The summed E-state index contributed by atoms with van der Waals surface area (Å²) in [4.78, 5) is 11.4. The maximum Gasteiger partial charge on any atom is 0.305 e. The average molecular weight is 291 g/mol. The quantitative estimate of drug-likeness (QED) is 0.839. The number of esters is 1. The first-order valence-electron chi connectivity index (χ1n) is 7.59. The molecule has 2 unspecified atom stereocenters. The molecule has 3 nitrogen and oxygen atoms in total. The molecule has 0 aliphatic rings. The van der Waals surface area contributed by atoms with Crippen molar-refractivity contribution in [3.05, 3.63) is 33.4 Å². The second-order valence-electron chi connectivity index (χ2n) is 6.27. The van der Waals surface area contributed by atoms with Crippen LogP contribution in [0.3, 0.4) is 0 Å². The van der Waals surface area contributed by atoms with Gasteiger partial charge in [0.15, 0.2) is 0 Å². The highest BCUT2D eigenvalue weighted by Crippen LogP contribution is 2.32. The van der Waals surface area contributed by atoms with Crippen LogP contribution in [0.1, 0.15) is 59.2 Å². The SMILES string of the molecule is COC(=O)CC(C)CC(N)c1c(C)c(C)c(C)c(C)c1C. The van der Waals surface area contributed by atoms with E-state index in [1.807, 2.05) is 0 Å². The summed E-state index contributed by atoms with van der Waals surface area (Å²) in [5, 5.41) is 0. The van der Waals surface area contributed by atoms with Crippen molar-refractivity contribution in [2.24, 2.45) is 11.7 Å². The highest BCUT2D eigenvalue weighted by Gasteiger charge is 2.20. The van der Waals surface area contributed by atoms with Crippen LogP contribution >= 0.6 is 0 Å². The van der Waals surface area contributed by atoms with Gasteiger partial charge in [0, 0.05) is 12.5 Å². The normalized spacial score (nSPS) is 13.9. The van der Waals surface area contributed by atoms with E-state index >= 15 is 0 Å². The van der Waals surface area contributed by atoms with Crippen molar-refractivity contribution in [1.29, 1.82) is 0 Å². The number of carbonyl (C=O) groups excluding carboxylic acids is 1. The van der Waals surface area contributed by atoms with E-state index in [9.17, 15) is 4.79 Å². The summed E-state index contributed by atoms with van der Waals surface area (Å²) < 4.78 is 4.73. The third kappa shape index (κ3) is 3.85. The standard InChI is InChI=1S/C18H29NO2/c1-10(9-17(20)21-7)8-16(19)18-14(5)12(3)11(2)13(4)15(18)6/h10,16H,8-9,19H2,1-7H3. The molecular formula is C18H29NO2. The summed E-state index contributed by atoms with van der Waals surface area (Å²) in [5.74, 6) is 0.0487. The molecule has 0 fully saturated rings. The Morgan fingerprint density at radius 2 is 1.43 bits per heavy atom. The predicted octanol–water partition coefficient (Wildman–Crippen LogP) is 3.82. The van der Waals surface area contributed by atoms with E-state index in [0.29, 0.717) is 6.42 Å². The second kappa shape index (κ2) is 7.08. The lowest BCUT2D eigenvalue weighted by molar-refractivity contribution is -0.141. The van der Waals surface area contributed by atoms with Gasteiger partial charge in [0.05, 0.1) is 7.11 Å². The number of nitrogens with two attached hydrogens (primary N) is 1. The Hall–Kier alpha value is -1.35. The highest BCUT2D eigenvalue weighted by molar-refractivity contribution is 5.69. The lowest BCUT2D eigenvalue weighted by atomic mass is 9.83. The predicted molar refractivity (Wildman–Crippen MR) is 87.5 cm³/mol. The average Bonchev–Trinajstić information content (AvgIpc) is 2.42. The monoisotopic (exact) mass is 291 g/mol. The molecule has 0 aromatic heterocycles. The van der Waals surface area contributed by atoms with Crippen LogP contribution in [0.2, 0.25) is 0 Å². The van der Waals surface area contributed by atoms with E-state index in [2.05, 4.69) is 41.5 Å². The molecular weight excluding hydrogens is 262 g/mol. The molecule has 3 heteroatoms. The number of carbonyl (C=O) groups is 1. The molecule has 1 aromatic rings. The fourth-order valence-corrected chi connectivity index (χ4v) is 3.09. The van der Waals surface area contributed by atoms with E-state index in [-0.39, 0.29) is 17.9 Å². The highest BCUT2D eigenvalue weighted by atomic mass is 16.5. The molecule has 0 aliphatic carbocycles. The van der Waals surface area contributed by atoms with Gasteiger partial charge in [-0.15, -0.1) is 0 Å². The van der Waals surface area contributed by atoms with Gasteiger partial charge < -0.3 is 10.5 Å². The summed E-state index contributed by atoms with van der Waals surface area (Å²) in [6.07, 6.45) is 1.21. The number of benzene rings is 1. The fraction of sp³-hybridized carbons (Fsp3) is 0.611. The summed E-state index contributed by atoms with van der Waals surface area (Å²) in [7, 11) is 1.43. The van der Waals surface area contributed by atoms with Crippen molar-refractivity contribution in [2.45, 2.75) is 60.4 Å². The van der Waals surface area contributed by atoms with Crippen molar-refractivity contribution in [3.63, 3.8) is 0 Å². The molecule has 0 amide bonds. The van der Waals surface area contributed by atoms with Crippen molar-refractivity contribution >= 4 is 5.97 Å². The Kier molecular flexibility index (Phi) is 5.97. The maximum atomic E-state index is 11.4. The summed E-state index contributed by atoms with van der Waals surface area (Å²) in [6, 6.07) is -0.0392. The molecule has 0 saturated heterocycles. The van der Waals surface area contributed by atoms with Crippen molar-refractivity contribution < 1.29 is 9.53 Å². The number of hydrogen-bond acceptors (Lipinski definition) is 3. The Morgan fingerprint density at radius 3 is 1.86 bits per heavy atom. The van der Waals surface area contributed by atoms with Crippen LogP contribution in [0, 0.1) is 40.5 Å². The smallest absolute Gasteiger partial charge is 0.305 e. The third-order valence-corrected chi connectivity index (χ3v) is 4.83. The fourth-order valence-electron chi connectivity index (χ4n) is 3.09. The minimum absolute atomic E-state index is 0.0392. The van der Waals surface area contributed by atoms with Crippen LogP contribution in [-0.4, -0.2) is 13.1 Å². The summed E-state index contributed by atoms with van der Waals surface area (Å²) in [6.45, 7) is 12.8. The van der Waals surface area contributed by atoms with Crippen LogP contribution < -0.4 is 5.73 Å². The molecule has 0 aliphatic heterocycles. The second-order valence-corrected chi connectivity index (χ2v) is 6.27. The van der Waals surface area contributed by atoms with Gasteiger partial charge in [0.25, 0.3) is 0 Å². The molecule has 0 bridgehead atoms. The first-order valence-corrected chi connectivity index (χ1v) is 7.59. The lowest BCUT2D eigenvalue weighted by Gasteiger charge is -2.25. The van der Waals surface area contributed by atoms with Gasteiger partial charge in [0.2, 0.25) is 0 Å². The van der Waals surface area contributed by atoms with Gasteiger partial charge >= 0.3 is 5.97 Å². The third-order valence-electron chi connectivity index (χ3n) is 4.83. The zero-order chi connectivity index (χ0) is 16.3. The molecule has 1 aromatic carbocycles. The molecule has 118 valence electrons. The number of methoxy groups -OCH3 is 1. The van der Waals surface area contributed by atoms with Crippen LogP contribution in [0.4, 0.5) is 0 Å². The maximum absolute atomic E-state index is 11.4. The first kappa shape index (κ1) is 17.7. The van der Waals surface area contributed by atoms with Crippen LogP contribution in [0.25, 0.3) is 0 Å². The zero-order valence-corrected chi connectivity index (χ0v) is 14.5. The van der Waals surface area contributed by atoms with Crippen LogP contribution in [-0.2, 0) is 9.53 Å². The Morgan fingerprint density at radius 1 is 1.00 bits per heavy atom. The molecule has 0 spiro atoms. The minimum Gasteiger partial charge on any atom is -0.469 e. The van der Waals surface area contributed by atoms with Crippen LogP contribution in [0.5, 0.6) is 0 Å². The van der Waals surface area contributed by atoms with E-state index in [1.165, 1.54) is 40.5 Å². The lowest BCUT2D eigenvalue weighted by Crippen LogP contribution is -2.20. The topological polar surface area (TPSA) is 52.3 Å². The van der Waals surface area contributed by atoms with Gasteiger partial charge in [-0.25, -0.2) is 0 Å². The minimum atomic E-state index is -0.167. The Bertz CT molecular complexity index is 506. The van der Waals surface area contributed by atoms with E-state index in [1.54, 1.807) is 0 Å². The number of hydrogen-bond donors (Lipinski definition) is 1. The molecule has 1 rings (SSSR count).